The molecule has 0 bridgehead atoms. The normalized spacial score (nSPS) is 34.4. The van der Waals surface area contributed by atoms with Crippen molar-refractivity contribution in [2.75, 3.05) is 95.6 Å². The van der Waals surface area contributed by atoms with Crippen molar-refractivity contribution in [2.45, 2.75) is 198 Å². The summed E-state index contributed by atoms with van der Waals surface area (Å²) in [6.07, 6.45) is 28.7. The Labute approximate surface area is 505 Å². The molecule has 6 saturated carbocycles. The van der Waals surface area contributed by atoms with Gasteiger partial charge >= 0.3 is 5.97 Å². The molecule has 0 aliphatic heterocycles. The largest absolute Gasteiger partial charge is 0.427 e. The molecule has 0 radical (unpaired) electrons. The van der Waals surface area contributed by atoms with E-state index in [1.807, 2.05) is 6.07 Å². The zero-order valence-corrected chi connectivity index (χ0v) is 54.4. The molecule has 6 fully saturated rings. The number of benzene rings is 3. The quantitative estimate of drug-likeness (QED) is 0.0753. The van der Waals surface area contributed by atoms with Crippen LogP contribution < -0.4 is 4.74 Å². The minimum atomic E-state index is -0.233. The molecule has 3 aromatic rings. The van der Waals surface area contributed by atoms with Crippen LogP contribution in [0, 0.1) is 51.8 Å². The van der Waals surface area contributed by atoms with Gasteiger partial charge in [0.15, 0.2) is 0 Å². The monoisotopic (exact) mass is 1130 g/mol. The fraction of sp³-hybridized carbons (Fsp3) is 0.730. The van der Waals surface area contributed by atoms with Crippen LogP contribution in [-0.4, -0.2) is 156 Å². The molecular formula is C74H114N6O3. The van der Waals surface area contributed by atoms with E-state index in [4.69, 9.17) is 4.74 Å². The first-order chi connectivity index (χ1) is 39.8. The molecular weight excluding hydrogens is 1020 g/mol. The third-order valence-electron chi connectivity index (χ3n) is 24.9. The van der Waals surface area contributed by atoms with Crippen molar-refractivity contribution >= 4 is 12.4 Å². The van der Waals surface area contributed by atoms with Crippen LogP contribution in [0.2, 0.25) is 0 Å². The number of rotatable bonds is 17. The average molecular weight is 1140 g/mol. The van der Waals surface area contributed by atoms with Gasteiger partial charge in [0, 0.05) is 31.6 Å². The maximum absolute atomic E-state index is 11.9. The fourth-order valence-corrected chi connectivity index (χ4v) is 21.2. The average Bonchev–Trinajstić information content (AvgIpc) is 2.22. The SMILES string of the molecule is CC(=O)Oc1ccc2c(c1)CC[C@@H]1[C@@H]2CC[C@]2(C)[C@@H](N(C)CCCN(C)C)CC[C@@H]12.CN(C)CCCN(C)[C@H]1CC[C@H]2[C@@H]3CCc4ccccc4[C@H]3CC[C@]12C.CN(C)CCCN(C=O)[C@H]1CC[C@H]2[C@@H]3CCc4ccccc4[C@H]3CC[C@]12C. The van der Waals surface area contributed by atoms with E-state index in [0.29, 0.717) is 34.0 Å². The summed E-state index contributed by atoms with van der Waals surface area (Å²) >= 11 is 0. The Morgan fingerprint density at radius 3 is 1.28 bits per heavy atom. The second-order valence-electron chi connectivity index (χ2n) is 30.3. The van der Waals surface area contributed by atoms with E-state index >= 15 is 0 Å². The molecule has 0 unspecified atom stereocenters. The molecule has 0 spiro atoms. The van der Waals surface area contributed by atoms with E-state index in [2.05, 4.69) is 167 Å². The number of aryl methyl sites for hydroxylation is 3. The fourth-order valence-electron chi connectivity index (χ4n) is 21.2. The predicted octanol–water partition coefficient (Wildman–Crippen LogP) is 13.8. The van der Waals surface area contributed by atoms with Gasteiger partial charge in [-0.15, -0.1) is 0 Å². The third kappa shape index (κ3) is 13.0. The molecule has 12 rings (SSSR count). The number of ether oxygens (including phenoxy) is 1. The number of nitrogens with zero attached hydrogens (tertiary/aromatic N) is 6. The first kappa shape index (κ1) is 62.5. The first-order valence-corrected chi connectivity index (χ1v) is 33.9. The first-order valence-electron chi connectivity index (χ1n) is 33.9. The molecule has 0 N–H and O–H groups in total. The molecule has 0 heterocycles. The third-order valence-corrected chi connectivity index (χ3v) is 24.9. The molecule has 0 aromatic heterocycles. The smallest absolute Gasteiger partial charge is 0.308 e. The van der Waals surface area contributed by atoms with E-state index in [0.717, 1.165) is 91.8 Å². The van der Waals surface area contributed by atoms with Crippen LogP contribution in [0.15, 0.2) is 66.7 Å². The Balaban J connectivity index is 0.000000139. The maximum Gasteiger partial charge on any atom is 0.308 e. The topological polar surface area (TPSA) is 62.8 Å². The molecule has 9 nitrogen and oxygen atoms in total. The van der Waals surface area contributed by atoms with Crippen molar-refractivity contribution in [2.24, 2.45) is 51.8 Å². The van der Waals surface area contributed by atoms with Gasteiger partial charge in [0.25, 0.3) is 0 Å². The van der Waals surface area contributed by atoms with E-state index in [1.165, 1.54) is 166 Å². The summed E-state index contributed by atoms with van der Waals surface area (Å²) in [5.74, 6) is 7.90. The van der Waals surface area contributed by atoms with Crippen molar-refractivity contribution in [3.63, 3.8) is 0 Å². The second kappa shape index (κ2) is 26.8. The van der Waals surface area contributed by atoms with Gasteiger partial charge in [-0.25, -0.2) is 0 Å². The molecule has 1 amide bonds. The minimum absolute atomic E-state index is 0.233. The summed E-state index contributed by atoms with van der Waals surface area (Å²) in [6, 6.07) is 26.9. The van der Waals surface area contributed by atoms with Crippen LogP contribution >= 0.6 is 0 Å². The predicted molar refractivity (Wildman–Crippen MR) is 343 cm³/mol. The van der Waals surface area contributed by atoms with E-state index in [-0.39, 0.29) is 5.97 Å². The molecule has 3 aromatic carbocycles. The van der Waals surface area contributed by atoms with Crippen LogP contribution in [0.1, 0.15) is 194 Å². The molecule has 83 heavy (non-hydrogen) atoms. The van der Waals surface area contributed by atoms with Crippen LogP contribution in [0.4, 0.5) is 0 Å². The number of amides is 1. The maximum atomic E-state index is 11.9. The van der Waals surface area contributed by atoms with Crippen LogP contribution in [-0.2, 0) is 28.9 Å². The van der Waals surface area contributed by atoms with Gasteiger partial charge in [-0.05, 0) is 339 Å². The summed E-state index contributed by atoms with van der Waals surface area (Å²) in [4.78, 5) is 37.7. The number of hydrogen-bond donors (Lipinski definition) is 0. The van der Waals surface area contributed by atoms with Crippen LogP contribution in [0.25, 0.3) is 0 Å². The lowest BCUT2D eigenvalue weighted by atomic mass is 9.55. The molecule has 15 atom stereocenters. The highest BCUT2D eigenvalue weighted by Gasteiger charge is 2.58. The van der Waals surface area contributed by atoms with Gasteiger partial charge in [0.2, 0.25) is 6.41 Å². The van der Waals surface area contributed by atoms with E-state index < -0.39 is 0 Å². The van der Waals surface area contributed by atoms with Crippen molar-refractivity contribution < 1.29 is 14.3 Å². The Morgan fingerprint density at radius 2 is 0.855 bits per heavy atom. The summed E-state index contributed by atoms with van der Waals surface area (Å²) in [7, 11) is 17.7. The Kier molecular flexibility index (Phi) is 20.2. The van der Waals surface area contributed by atoms with Gasteiger partial charge in [0.05, 0.1) is 0 Å². The Bertz CT molecular complexity index is 2640. The van der Waals surface area contributed by atoms with Crippen molar-refractivity contribution in [3.05, 3.63) is 100 Å². The molecule has 458 valence electrons. The van der Waals surface area contributed by atoms with Gasteiger partial charge in [-0.3, -0.25) is 9.59 Å². The van der Waals surface area contributed by atoms with E-state index in [9.17, 15) is 9.59 Å². The molecule has 9 aliphatic rings. The number of fused-ring (bicyclic) bond motifs is 15. The minimum Gasteiger partial charge on any atom is -0.427 e. The standard InChI is InChI=1S/C26H40N2O2.C24H36N2O.C24H38N2/c1-18(29)30-20-8-10-21-19(17-20)7-9-23-22(21)13-14-26(2)24(23)11-12-25(26)28(5)16-6-15-27(3)4;1-24-14-13-20-19-8-5-4-7-18(19)9-10-21(20)22(24)11-12-23(24)26(17-27)16-6-15-25(2)3;1-24-15-14-20-19-9-6-5-8-18(19)10-11-21(20)22(24)12-13-23(24)26(4)17-7-16-25(2)3/h8,10,17,22-25H,6-7,9,11-16H2,1-5H3;4-5,7-8,17,20-23H,6,9-16H2,1-3H3;5-6,8-9,20-23H,7,10-17H2,1-4H3/t22-,23-,24+,25+,26+;2*20-,21-,22+,23+,24+/m111/s1. The van der Waals surface area contributed by atoms with Crippen LogP contribution in [0.3, 0.4) is 0 Å². The van der Waals surface area contributed by atoms with Crippen molar-refractivity contribution in [1.29, 1.82) is 0 Å². The van der Waals surface area contributed by atoms with Gasteiger partial charge in [-0.1, -0.05) is 75.4 Å². The van der Waals surface area contributed by atoms with Gasteiger partial charge in [-0.2, -0.15) is 0 Å². The Morgan fingerprint density at radius 1 is 0.470 bits per heavy atom. The van der Waals surface area contributed by atoms with Crippen molar-refractivity contribution in [1.82, 2.24) is 29.4 Å². The lowest BCUT2D eigenvalue weighted by molar-refractivity contribution is -0.132. The number of carbonyl (C=O) groups is 2. The summed E-state index contributed by atoms with van der Waals surface area (Å²) < 4.78 is 5.34. The summed E-state index contributed by atoms with van der Waals surface area (Å²) in [5, 5.41) is 0. The van der Waals surface area contributed by atoms with Crippen LogP contribution in [0.5, 0.6) is 5.75 Å². The zero-order chi connectivity index (χ0) is 58.8. The highest BCUT2D eigenvalue weighted by Crippen LogP contribution is 2.65. The lowest BCUT2D eigenvalue weighted by Crippen LogP contribution is -2.50. The molecule has 9 aliphatic carbocycles. The Hall–Kier alpha value is -3.60. The van der Waals surface area contributed by atoms with Gasteiger partial charge in [0.1, 0.15) is 5.75 Å². The second-order valence-corrected chi connectivity index (χ2v) is 30.3. The summed E-state index contributed by atoms with van der Waals surface area (Å²) in [6.45, 7) is 16.0. The number of carbonyl (C=O) groups excluding carboxylic acids is 2. The highest BCUT2D eigenvalue weighted by atomic mass is 16.5. The molecule has 9 heteroatoms. The van der Waals surface area contributed by atoms with E-state index in [1.54, 1.807) is 22.3 Å². The highest BCUT2D eigenvalue weighted by molar-refractivity contribution is 5.69. The zero-order valence-electron chi connectivity index (χ0n) is 54.4. The molecule has 0 saturated heterocycles. The summed E-state index contributed by atoms with van der Waals surface area (Å²) in [5.41, 5.74) is 10.8. The van der Waals surface area contributed by atoms with Gasteiger partial charge < -0.3 is 34.1 Å². The number of hydrogen-bond acceptors (Lipinski definition) is 8. The lowest BCUT2D eigenvalue weighted by Gasteiger charge is -2.52. The van der Waals surface area contributed by atoms with Crippen molar-refractivity contribution in [3.8, 4) is 5.75 Å². The number of esters is 1.